The third kappa shape index (κ3) is 4.62. The van der Waals surface area contributed by atoms with Crippen molar-refractivity contribution in [2.45, 2.75) is 31.1 Å². The molecule has 2 aliphatic rings. The van der Waals surface area contributed by atoms with Crippen molar-refractivity contribution < 1.29 is 22.8 Å². The number of nitrogens with zero attached hydrogens (tertiary/aromatic N) is 1. The third-order valence-electron chi connectivity index (χ3n) is 5.02. The van der Waals surface area contributed by atoms with Crippen LogP contribution in [0.3, 0.4) is 0 Å². The molecule has 1 amide bonds. The van der Waals surface area contributed by atoms with Gasteiger partial charge in [0.1, 0.15) is 13.1 Å². The van der Waals surface area contributed by atoms with E-state index >= 15 is 0 Å². The average molecular weight is 383 g/mol. The molecule has 144 valence electrons. The molecule has 0 spiro atoms. The van der Waals surface area contributed by atoms with Crippen LogP contribution >= 0.6 is 0 Å². The smallest absolute Gasteiger partial charge is 0.279 e. The summed E-state index contributed by atoms with van der Waals surface area (Å²) >= 11 is 0. The molecule has 2 N–H and O–H groups in total. The van der Waals surface area contributed by atoms with E-state index < -0.39 is 10.0 Å². The zero-order chi connectivity index (χ0) is 18.6. The van der Waals surface area contributed by atoms with Gasteiger partial charge in [0.05, 0.1) is 18.1 Å². The maximum atomic E-state index is 13.0. The number of benzene rings is 1. The number of piperidine rings is 1. The van der Waals surface area contributed by atoms with Crippen LogP contribution in [0.2, 0.25) is 0 Å². The lowest BCUT2D eigenvalue weighted by Crippen LogP contribution is -3.15. The third-order valence-corrected chi connectivity index (χ3v) is 7.06. The van der Waals surface area contributed by atoms with Gasteiger partial charge < -0.3 is 15.0 Å². The molecule has 3 rings (SSSR count). The van der Waals surface area contributed by atoms with Gasteiger partial charge in [-0.1, -0.05) is 12.5 Å². The lowest BCUT2D eigenvalue weighted by atomic mass is 10.2. The number of morpholine rings is 1. The highest BCUT2D eigenvalue weighted by molar-refractivity contribution is 7.89. The second-order valence-electron chi connectivity index (χ2n) is 7.03. The van der Waals surface area contributed by atoms with Crippen molar-refractivity contribution in [2.24, 2.45) is 0 Å². The number of ether oxygens (including phenoxy) is 1. The van der Waals surface area contributed by atoms with Crippen molar-refractivity contribution in [1.82, 2.24) is 4.31 Å². The fraction of sp³-hybridized carbons (Fsp3) is 0.611. The summed E-state index contributed by atoms with van der Waals surface area (Å²) in [6.07, 6.45) is 2.87. The van der Waals surface area contributed by atoms with Crippen LogP contribution in [-0.4, -0.2) is 64.6 Å². The van der Waals surface area contributed by atoms with Crippen molar-refractivity contribution in [1.29, 1.82) is 0 Å². The monoisotopic (exact) mass is 382 g/mol. The SMILES string of the molecule is Cc1ccc(NC(=O)C[NH+]2CCOCC2)cc1S(=O)(=O)N1CCCCC1. The molecule has 2 saturated heterocycles. The van der Waals surface area contributed by atoms with E-state index in [2.05, 4.69) is 5.32 Å². The standard InChI is InChI=1S/C18H27N3O4S/c1-15-5-6-16(19-18(22)14-20-9-11-25-12-10-20)13-17(15)26(23,24)21-7-3-2-4-8-21/h5-6,13H,2-4,7-12,14H2,1H3,(H,19,22)/p+1. The summed E-state index contributed by atoms with van der Waals surface area (Å²) in [4.78, 5) is 13.8. The molecule has 2 heterocycles. The number of nitrogens with one attached hydrogen (secondary N) is 2. The van der Waals surface area contributed by atoms with Crippen LogP contribution in [0.4, 0.5) is 5.69 Å². The van der Waals surface area contributed by atoms with Gasteiger partial charge in [-0.15, -0.1) is 0 Å². The minimum atomic E-state index is -3.52. The fourth-order valence-corrected chi connectivity index (χ4v) is 5.24. The summed E-state index contributed by atoms with van der Waals surface area (Å²) in [6, 6.07) is 5.11. The maximum absolute atomic E-state index is 13.0. The lowest BCUT2D eigenvalue weighted by molar-refractivity contribution is -0.899. The van der Waals surface area contributed by atoms with Crippen molar-refractivity contribution in [3.05, 3.63) is 23.8 Å². The van der Waals surface area contributed by atoms with Gasteiger partial charge in [-0.25, -0.2) is 8.42 Å². The van der Waals surface area contributed by atoms with Crippen molar-refractivity contribution >= 4 is 21.6 Å². The van der Waals surface area contributed by atoms with E-state index in [-0.39, 0.29) is 10.8 Å². The summed E-state index contributed by atoms with van der Waals surface area (Å²) < 4.78 is 32.8. The number of carbonyl (C=O) groups excluding carboxylic acids is 1. The summed E-state index contributed by atoms with van der Waals surface area (Å²) in [5, 5.41) is 2.85. The highest BCUT2D eigenvalue weighted by atomic mass is 32.2. The summed E-state index contributed by atoms with van der Waals surface area (Å²) in [7, 11) is -3.52. The lowest BCUT2D eigenvalue weighted by Gasteiger charge is -2.27. The molecule has 0 bridgehead atoms. The first kappa shape index (κ1) is 19.3. The number of hydrogen-bond donors (Lipinski definition) is 2. The van der Waals surface area contributed by atoms with Gasteiger partial charge in [-0.05, 0) is 37.5 Å². The topological polar surface area (TPSA) is 80.1 Å². The zero-order valence-corrected chi connectivity index (χ0v) is 16.1. The van der Waals surface area contributed by atoms with Crippen LogP contribution in [0.25, 0.3) is 0 Å². The molecule has 2 aliphatic heterocycles. The number of sulfonamides is 1. The van der Waals surface area contributed by atoms with Gasteiger partial charge >= 0.3 is 0 Å². The van der Waals surface area contributed by atoms with Crippen molar-refractivity contribution in [2.75, 3.05) is 51.3 Å². The van der Waals surface area contributed by atoms with Gasteiger partial charge in [0.25, 0.3) is 5.91 Å². The largest absolute Gasteiger partial charge is 0.370 e. The average Bonchev–Trinajstić information content (AvgIpc) is 2.64. The summed E-state index contributed by atoms with van der Waals surface area (Å²) in [5.74, 6) is -0.105. The quantitative estimate of drug-likeness (QED) is 0.753. The van der Waals surface area contributed by atoms with Crippen LogP contribution in [-0.2, 0) is 19.6 Å². The Morgan fingerprint density at radius 3 is 2.58 bits per heavy atom. The minimum absolute atomic E-state index is 0.105. The van der Waals surface area contributed by atoms with Crippen LogP contribution in [0.15, 0.2) is 23.1 Å². The van der Waals surface area contributed by atoms with Crippen molar-refractivity contribution in [3.63, 3.8) is 0 Å². The number of aryl methyl sites for hydroxylation is 1. The Kier molecular flexibility index (Phi) is 6.29. The van der Waals surface area contributed by atoms with E-state index in [4.69, 9.17) is 4.74 Å². The number of hydrogen-bond acceptors (Lipinski definition) is 4. The number of rotatable bonds is 5. The molecule has 26 heavy (non-hydrogen) atoms. The molecule has 1 aromatic carbocycles. The van der Waals surface area contributed by atoms with Crippen LogP contribution < -0.4 is 10.2 Å². The van der Waals surface area contributed by atoms with Crippen LogP contribution in [0, 0.1) is 6.92 Å². The molecule has 0 aliphatic carbocycles. The molecule has 0 atom stereocenters. The normalized spacial score (nSPS) is 20.0. The first-order valence-electron chi connectivity index (χ1n) is 9.29. The second-order valence-corrected chi connectivity index (χ2v) is 8.94. The minimum Gasteiger partial charge on any atom is -0.370 e. The van der Waals surface area contributed by atoms with Gasteiger partial charge in [-0.2, -0.15) is 4.31 Å². The molecular formula is C18H28N3O4S+. The number of amides is 1. The summed E-state index contributed by atoms with van der Waals surface area (Å²) in [6.45, 7) is 6.27. The molecule has 0 aromatic heterocycles. The first-order chi connectivity index (χ1) is 12.5. The molecular weight excluding hydrogens is 354 g/mol. The Labute approximate surface area is 155 Å². The number of carbonyl (C=O) groups is 1. The Morgan fingerprint density at radius 2 is 1.88 bits per heavy atom. The maximum Gasteiger partial charge on any atom is 0.279 e. The summed E-state index contributed by atoms with van der Waals surface area (Å²) in [5.41, 5.74) is 1.23. The van der Waals surface area contributed by atoms with Gasteiger partial charge in [-0.3, -0.25) is 4.79 Å². The van der Waals surface area contributed by atoms with E-state index in [1.807, 2.05) is 0 Å². The second kappa shape index (κ2) is 8.47. The number of quaternary nitrogens is 1. The molecule has 0 radical (unpaired) electrons. The molecule has 2 fully saturated rings. The van der Waals surface area contributed by atoms with E-state index in [0.717, 1.165) is 32.4 Å². The highest BCUT2D eigenvalue weighted by Gasteiger charge is 2.28. The Bertz CT molecular complexity index is 739. The number of anilines is 1. The first-order valence-corrected chi connectivity index (χ1v) is 10.7. The van der Waals surface area contributed by atoms with E-state index in [0.29, 0.717) is 44.1 Å². The Hall–Kier alpha value is -1.48. The van der Waals surface area contributed by atoms with Crippen LogP contribution in [0.1, 0.15) is 24.8 Å². The molecule has 0 saturated carbocycles. The molecule has 1 aromatic rings. The van der Waals surface area contributed by atoms with Gasteiger partial charge in [0.2, 0.25) is 10.0 Å². The predicted octanol–water partition coefficient (Wildman–Crippen LogP) is 0.0232. The molecule has 8 heteroatoms. The highest BCUT2D eigenvalue weighted by Crippen LogP contribution is 2.25. The predicted molar refractivity (Wildman–Crippen MR) is 98.8 cm³/mol. The molecule has 7 nitrogen and oxygen atoms in total. The van der Waals surface area contributed by atoms with E-state index in [1.165, 1.54) is 4.90 Å². The van der Waals surface area contributed by atoms with Crippen molar-refractivity contribution in [3.8, 4) is 0 Å². The van der Waals surface area contributed by atoms with Gasteiger partial charge in [0.15, 0.2) is 6.54 Å². The Morgan fingerprint density at radius 1 is 1.19 bits per heavy atom. The van der Waals surface area contributed by atoms with Gasteiger partial charge in [0, 0.05) is 18.8 Å². The van der Waals surface area contributed by atoms with E-state index in [1.54, 1.807) is 29.4 Å². The Balaban J connectivity index is 1.71. The fourth-order valence-electron chi connectivity index (χ4n) is 3.47. The van der Waals surface area contributed by atoms with Crippen LogP contribution in [0.5, 0.6) is 0 Å². The zero-order valence-electron chi connectivity index (χ0n) is 15.3. The molecule has 0 unspecified atom stereocenters. The van der Waals surface area contributed by atoms with E-state index in [9.17, 15) is 13.2 Å².